The maximum absolute atomic E-state index is 9.71. The Kier molecular flexibility index (Phi) is 4.76. The first kappa shape index (κ1) is 17.3. The molecule has 2 aromatic carbocycles. The molecule has 0 unspecified atom stereocenters. The number of aromatic nitrogens is 1. The van der Waals surface area contributed by atoms with Gasteiger partial charge in [0.2, 0.25) is 0 Å². The summed E-state index contributed by atoms with van der Waals surface area (Å²) in [7, 11) is 3.24. The van der Waals surface area contributed by atoms with Crippen LogP contribution in [0.5, 0.6) is 11.5 Å². The number of ether oxygens (including phenoxy) is 2. The molecule has 130 valence electrons. The van der Waals surface area contributed by atoms with Crippen LogP contribution in [0.15, 0.2) is 48.5 Å². The molecule has 1 heterocycles. The van der Waals surface area contributed by atoms with Gasteiger partial charge >= 0.3 is 0 Å². The van der Waals surface area contributed by atoms with Gasteiger partial charge in [0, 0.05) is 16.8 Å². The van der Waals surface area contributed by atoms with E-state index in [1.165, 1.54) is 0 Å². The maximum Gasteiger partial charge on any atom is 0.142 e. The smallest absolute Gasteiger partial charge is 0.142 e. The zero-order valence-electron chi connectivity index (χ0n) is 14.9. The van der Waals surface area contributed by atoms with Crippen molar-refractivity contribution in [2.45, 2.75) is 6.92 Å². The summed E-state index contributed by atoms with van der Waals surface area (Å²) in [5.74, 6) is 1.69. The summed E-state index contributed by atoms with van der Waals surface area (Å²) in [6.45, 7) is 1.89. The van der Waals surface area contributed by atoms with Crippen molar-refractivity contribution >= 4 is 5.82 Å². The van der Waals surface area contributed by atoms with Gasteiger partial charge < -0.3 is 15.2 Å². The van der Waals surface area contributed by atoms with Gasteiger partial charge in [0.25, 0.3) is 0 Å². The molecule has 26 heavy (non-hydrogen) atoms. The highest BCUT2D eigenvalue weighted by Crippen LogP contribution is 2.39. The molecule has 0 spiro atoms. The maximum atomic E-state index is 9.71. The van der Waals surface area contributed by atoms with Gasteiger partial charge in [0.15, 0.2) is 0 Å². The number of hydrogen-bond acceptors (Lipinski definition) is 5. The Morgan fingerprint density at radius 3 is 2.23 bits per heavy atom. The second-order valence-corrected chi connectivity index (χ2v) is 5.78. The third kappa shape index (κ3) is 3.05. The highest BCUT2D eigenvalue weighted by molar-refractivity contribution is 5.91. The number of nitriles is 1. The Labute approximate surface area is 152 Å². The van der Waals surface area contributed by atoms with E-state index < -0.39 is 0 Å². The standard InChI is InChI=1S/C21H19N3O2/c1-13-19(14-7-9-16(25-2)10-8-14)20(18(12-22)21(23)24-13)15-5-4-6-17(11-15)26-3/h4-11H,1-3H3,(H2,23,24). The number of methoxy groups -OCH3 is 2. The second kappa shape index (κ2) is 7.16. The number of nitrogen functional groups attached to an aromatic ring is 1. The highest BCUT2D eigenvalue weighted by Gasteiger charge is 2.20. The molecule has 5 nitrogen and oxygen atoms in total. The summed E-state index contributed by atoms with van der Waals surface area (Å²) in [6, 6.07) is 17.4. The van der Waals surface area contributed by atoms with Crippen molar-refractivity contribution in [3.05, 3.63) is 59.8 Å². The molecule has 0 atom stereocenters. The minimum atomic E-state index is 0.222. The third-order valence-corrected chi connectivity index (χ3v) is 4.26. The Morgan fingerprint density at radius 1 is 0.923 bits per heavy atom. The molecule has 0 bridgehead atoms. The number of anilines is 1. The molecule has 0 radical (unpaired) electrons. The van der Waals surface area contributed by atoms with E-state index in [0.29, 0.717) is 11.3 Å². The molecule has 0 saturated heterocycles. The first-order valence-electron chi connectivity index (χ1n) is 8.08. The molecular formula is C21H19N3O2. The number of benzene rings is 2. The average molecular weight is 345 g/mol. The largest absolute Gasteiger partial charge is 0.497 e. The predicted octanol–water partition coefficient (Wildman–Crippen LogP) is 4.20. The van der Waals surface area contributed by atoms with Gasteiger partial charge in [-0.15, -0.1) is 0 Å². The summed E-state index contributed by atoms with van der Waals surface area (Å²) in [4.78, 5) is 4.38. The van der Waals surface area contributed by atoms with Gasteiger partial charge in [-0.2, -0.15) is 5.26 Å². The fraction of sp³-hybridized carbons (Fsp3) is 0.143. The molecule has 0 aliphatic rings. The Hall–Kier alpha value is -3.52. The lowest BCUT2D eigenvalue weighted by atomic mass is 9.90. The Balaban J connectivity index is 2.34. The zero-order valence-corrected chi connectivity index (χ0v) is 14.9. The number of hydrogen-bond donors (Lipinski definition) is 1. The summed E-state index contributed by atoms with van der Waals surface area (Å²) >= 11 is 0. The molecule has 0 amide bonds. The Bertz CT molecular complexity index is 989. The van der Waals surface area contributed by atoms with Gasteiger partial charge in [0.05, 0.1) is 14.2 Å². The summed E-state index contributed by atoms with van der Waals surface area (Å²) in [5, 5.41) is 9.71. The van der Waals surface area contributed by atoms with Gasteiger partial charge in [-0.05, 0) is 42.3 Å². The van der Waals surface area contributed by atoms with Crippen molar-refractivity contribution < 1.29 is 9.47 Å². The monoisotopic (exact) mass is 345 g/mol. The summed E-state index contributed by atoms with van der Waals surface area (Å²) in [6.07, 6.45) is 0. The minimum absolute atomic E-state index is 0.222. The van der Waals surface area contributed by atoms with Crippen LogP contribution in [0.25, 0.3) is 22.3 Å². The van der Waals surface area contributed by atoms with Crippen LogP contribution in [-0.4, -0.2) is 19.2 Å². The average Bonchev–Trinajstić information content (AvgIpc) is 2.67. The number of nitrogens with two attached hydrogens (primary N) is 1. The molecule has 0 saturated carbocycles. The minimum Gasteiger partial charge on any atom is -0.497 e. The van der Waals surface area contributed by atoms with Crippen molar-refractivity contribution in [3.8, 4) is 39.8 Å². The normalized spacial score (nSPS) is 10.2. The summed E-state index contributed by atoms with van der Waals surface area (Å²) < 4.78 is 10.6. The summed E-state index contributed by atoms with van der Waals surface area (Å²) in [5.41, 5.74) is 10.6. The lowest BCUT2D eigenvalue weighted by molar-refractivity contribution is 0.415. The number of nitrogens with zero attached hydrogens (tertiary/aromatic N) is 2. The van der Waals surface area contributed by atoms with Crippen LogP contribution in [0, 0.1) is 18.3 Å². The van der Waals surface area contributed by atoms with E-state index >= 15 is 0 Å². The van der Waals surface area contributed by atoms with Crippen molar-refractivity contribution in [2.24, 2.45) is 0 Å². The second-order valence-electron chi connectivity index (χ2n) is 5.78. The van der Waals surface area contributed by atoms with Crippen molar-refractivity contribution in [1.29, 1.82) is 5.26 Å². The molecule has 0 aliphatic heterocycles. The van der Waals surface area contributed by atoms with Crippen LogP contribution in [-0.2, 0) is 0 Å². The Morgan fingerprint density at radius 2 is 1.62 bits per heavy atom. The first-order chi connectivity index (χ1) is 12.6. The quantitative estimate of drug-likeness (QED) is 0.766. The van der Waals surface area contributed by atoms with Gasteiger partial charge in [-0.1, -0.05) is 24.3 Å². The molecule has 3 rings (SSSR count). The van der Waals surface area contributed by atoms with Crippen LogP contribution < -0.4 is 15.2 Å². The van der Waals surface area contributed by atoms with E-state index in [1.807, 2.05) is 55.5 Å². The fourth-order valence-corrected chi connectivity index (χ4v) is 3.02. The van der Waals surface area contributed by atoms with E-state index in [9.17, 15) is 5.26 Å². The molecule has 5 heteroatoms. The van der Waals surface area contributed by atoms with Crippen molar-refractivity contribution in [3.63, 3.8) is 0 Å². The first-order valence-corrected chi connectivity index (χ1v) is 8.08. The van der Waals surface area contributed by atoms with Gasteiger partial charge in [0.1, 0.15) is 28.9 Å². The number of aryl methyl sites for hydroxylation is 1. The molecule has 3 aromatic rings. The van der Waals surface area contributed by atoms with E-state index in [2.05, 4.69) is 11.1 Å². The zero-order chi connectivity index (χ0) is 18.7. The van der Waals surface area contributed by atoms with Crippen molar-refractivity contribution in [2.75, 3.05) is 20.0 Å². The highest BCUT2D eigenvalue weighted by atomic mass is 16.5. The van der Waals surface area contributed by atoms with Crippen LogP contribution in [0.2, 0.25) is 0 Å². The van der Waals surface area contributed by atoms with E-state index in [-0.39, 0.29) is 5.82 Å². The van der Waals surface area contributed by atoms with Crippen molar-refractivity contribution in [1.82, 2.24) is 4.98 Å². The molecular weight excluding hydrogens is 326 g/mol. The van der Waals surface area contributed by atoms with Crippen LogP contribution in [0.1, 0.15) is 11.3 Å². The predicted molar refractivity (Wildman–Crippen MR) is 102 cm³/mol. The molecule has 0 fully saturated rings. The SMILES string of the molecule is COc1ccc(-c2c(C)nc(N)c(C#N)c2-c2cccc(OC)c2)cc1. The van der Waals surface area contributed by atoms with Crippen LogP contribution in [0.3, 0.4) is 0 Å². The topological polar surface area (TPSA) is 81.2 Å². The lowest BCUT2D eigenvalue weighted by Crippen LogP contribution is -2.03. The molecule has 1 aromatic heterocycles. The van der Waals surface area contributed by atoms with Crippen LogP contribution in [0.4, 0.5) is 5.82 Å². The van der Waals surface area contributed by atoms with Crippen LogP contribution >= 0.6 is 0 Å². The molecule has 0 aliphatic carbocycles. The van der Waals surface area contributed by atoms with E-state index in [0.717, 1.165) is 33.7 Å². The number of rotatable bonds is 4. The lowest BCUT2D eigenvalue weighted by Gasteiger charge is -2.17. The number of pyridine rings is 1. The van der Waals surface area contributed by atoms with E-state index in [1.54, 1.807) is 14.2 Å². The molecule has 2 N–H and O–H groups in total. The van der Waals surface area contributed by atoms with Gasteiger partial charge in [-0.25, -0.2) is 4.98 Å². The fourth-order valence-electron chi connectivity index (χ4n) is 3.02. The van der Waals surface area contributed by atoms with E-state index in [4.69, 9.17) is 15.2 Å². The van der Waals surface area contributed by atoms with Gasteiger partial charge in [-0.3, -0.25) is 0 Å². The third-order valence-electron chi connectivity index (χ3n) is 4.26.